The molecule has 1 N–H and O–H groups in total. The van der Waals surface area contributed by atoms with Gasteiger partial charge in [-0.05, 0) is 64.7 Å². The molecule has 0 amide bonds. The van der Waals surface area contributed by atoms with E-state index in [1.165, 1.54) is 51.6 Å². The zero-order valence-corrected chi connectivity index (χ0v) is 11.7. The SMILES string of the molecule is CN(C)CCCNC1CCCC(C)(C)CC1. The zero-order chi connectivity index (χ0) is 12.0. The summed E-state index contributed by atoms with van der Waals surface area (Å²) in [4.78, 5) is 2.26. The Bertz CT molecular complexity index is 187. The van der Waals surface area contributed by atoms with Gasteiger partial charge >= 0.3 is 0 Å². The van der Waals surface area contributed by atoms with Crippen molar-refractivity contribution in [2.24, 2.45) is 5.41 Å². The van der Waals surface area contributed by atoms with E-state index in [-0.39, 0.29) is 0 Å². The molecule has 2 nitrogen and oxygen atoms in total. The van der Waals surface area contributed by atoms with E-state index in [1.807, 2.05) is 0 Å². The lowest BCUT2D eigenvalue weighted by Crippen LogP contribution is -2.31. The van der Waals surface area contributed by atoms with Crippen molar-refractivity contribution in [2.75, 3.05) is 27.2 Å². The van der Waals surface area contributed by atoms with Crippen LogP contribution in [0.3, 0.4) is 0 Å². The first-order valence-corrected chi connectivity index (χ1v) is 6.88. The standard InChI is InChI=1S/C14H30N2/c1-14(2)9-5-7-13(8-10-14)15-11-6-12-16(3)4/h13,15H,5-12H2,1-4H3. The minimum atomic E-state index is 0.583. The van der Waals surface area contributed by atoms with Crippen molar-refractivity contribution in [2.45, 2.75) is 58.4 Å². The second kappa shape index (κ2) is 6.61. The maximum atomic E-state index is 3.73. The lowest BCUT2D eigenvalue weighted by molar-refractivity contribution is 0.309. The van der Waals surface area contributed by atoms with Gasteiger partial charge in [0.15, 0.2) is 0 Å². The van der Waals surface area contributed by atoms with Crippen molar-refractivity contribution < 1.29 is 0 Å². The molecule has 1 saturated carbocycles. The van der Waals surface area contributed by atoms with Crippen LogP contribution in [0.4, 0.5) is 0 Å². The van der Waals surface area contributed by atoms with Gasteiger partial charge in [0.25, 0.3) is 0 Å². The van der Waals surface area contributed by atoms with Gasteiger partial charge in [-0.25, -0.2) is 0 Å². The van der Waals surface area contributed by atoms with Crippen LogP contribution in [0.25, 0.3) is 0 Å². The van der Waals surface area contributed by atoms with Crippen molar-refractivity contribution in [3.8, 4) is 0 Å². The third-order valence-corrected chi connectivity index (χ3v) is 3.79. The van der Waals surface area contributed by atoms with E-state index in [1.54, 1.807) is 0 Å². The highest BCUT2D eigenvalue weighted by molar-refractivity contribution is 4.79. The van der Waals surface area contributed by atoms with E-state index in [0.29, 0.717) is 5.41 Å². The largest absolute Gasteiger partial charge is 0.314 e. The second-order valence-corrected chi connectivity index (χ2v) is 6.40. The average Bonchev–Trinajstić information content (AvgIpc) is 2.34. The number of hydrogen-bond donors (Lipinski definition) is 1. The Morgan fingerprint density at radius 1 is 1.19 bits per heavy atom. The van der Waals surface area contributed by atoms with Crippen molar-refractivity contribution in [1.29, 1.82) is 0 Å². The van der Waals surface area contributed by atoms with E-state index in [0.717, 1.165) is 6.04 Å². The van der Waals surface area contributed by atoms with Gasteiger partial charge in [0, 0.05) is 6.04 Å². The number of nitrogens with one attached hydrogen (secondary N) is 1. The minimum Gasteiger partial charge on any atom is -0.314 e. The fourth-order valence-electron chi connectivity index (χ4n) is 2.57. The molecule has 2 heteroatoms. The topological polar surface area (TPSA) is 15.3 Å². The molecule has 1 fully saturated rings. The fraction of sp³-hybridized carbons (Fsp3) is 1.00. The van der Waals surface area contributed by atoms with E-state index in [9.17, 15) is 0 Å². The first-order chi connectivity index (χ1) is 7.49. The molecule has 0 radical (unpaired) electrons. The van der Waals surface area contributed by atoms with Crippen LogP contribution < -0.4 is 5.32 Å². The normalized spacial score (nSPS) is 25.7. The molecule has 1 unspecified atom stereocenters. The summed E-state index contributed by atoms with van der Waals surface area (Å²) in [5, 5.41) is 3.73. The minimum absolute atomic E-state index is 0.583. The monoisotopic (exact) mass is 226 g/mol. The van der Waals surface area contributed by atoms with Crippen molar-refractivity contribution in [3.05, 3.63) is 0 Å². The van der Waals surface area contributed by atoms with E-state index >= 15 is 0 Å². The van der Waals surface area contributed by atoms with Crippen LogP contribution in [0.15, 0.2) is 0 Å². The molecule has 0 spiro atoms. The number of hydrogen-bond acceptors (Lipinski definition) is 2. The molecule has 1 aliphatic carbocycles. The average molecular weight is 226 g/mol. The molecule has 1 rings (SSSR count). The summed E-state index contributed by atoms with van der Waals surface area (Å²) >= 11 is 0. The van der Waals surface area contributed by atoms with Gasteiger partial charge in [-0.3, -0.25) is 0 Å². The van der Waals surface area contributed by atoms with E-state index < -0.39 is 0 Å². The third kappa shape index (κ3) is 5.86. The molecule has 0 aromatic rings. The molecule has 0 aromatic heterocycles. The Kier molecular flexibility index (Phi) is 5.77. The van der Waals surface area contributed by atoms with Gasteiger partial charge in [-0.2, -0.15) is 0 Å². The summed E-state index contributed by atoms with van der Waals surface area (Å²) in [7, 11) is 4.29. The first kappa shape index (κ1) is 14.0. The quantitative estimate of drug-likeness (QED) is 0.573. The first-order valence-electron chi connectivity index (χ1n) is 6.88. The van der Waals surface area contributed by atoms with E-state index in [4.69, 9.17) is 0 Å². The zero-order valence-electron chi connectivity index (χ0n) is 11.7. The lowest BCUT2D eigenvalue weighted by Gasteiger charge is -2.22. The summed E-state index contributed by atoms with van der Waals surface area (Å²) in [6.07, 6.45) is 8.22. The number of nitrogens with zero attached hydrogens (tertiary/aromatic N) is 1. The summed E-state index contributed by atoms with van der Waals surface area (Å²) in [6, 6.07) is 0.781. The molecule has 16 heavy (non-hydrogen) atoms. The van der Waals surface area contributed by atoms with Gasteiger partial charge in [-0.15, -0.1) is 0 Å². The molecule has 1 aliphatic rings. The van der Waals surface area contributed by atoms with Crippen LogP contribution in [0.1, 0.15) is 52.4 Å². The summed E-state index contributed by atoms with van der Waals surface area (Å²) < 4.78 is 0. The molecule has 0 saturated heterocycles. The van der Waals surface area contributed by atoms with Crippen LogP contribution in [-0.2, 0) is 0 Å². The van der Waals surface area contributed by atoms with Crippen LogP contribution in [0.5, 0.6) is 0 Å². The highest BCUT2D eigenvalue weighted by atomic mass is 15.1. The molecule has 1 atom stereocenters. The van der Waals surface area contributed by atoms with Crippen LogP contribution in [0.2, 0.25) is 0 Å². The Balaban J connectivity index is 2.13. The Labute approximate surface area is 102 Å². The van der Waals surface area contributed by atoms with Gasteiger partial charge in [0.05, 0.1) is 0 Å². The molecular formula is C14H30N2. The van der Waals surface area contributed by atoms with Crippen LogP contribution in [0, 0.1) is 5.41 Å². The lowest BCUT2D eigenvalue weighted by atomic mass is 9.85. The summed E-state index contributed by atoms with van der Waals surface area (Å²) in [6.45, 7) is 7.22. The molecule has 0 heterocycles. The van der Waals surface area contributed by atoms with Crippen molar-refractivity contribution >= 4 is 0 Å². The van der Waals surface area contributed by atoms with Gasteiger partial charge in [0.1, 0.15) is 0 Å². The molecule has 96 valence electrons. The summed E-state index contributed by atoms with van der Waals surface area (Å²) in [5.74, 6) is 0. The highest BCUT2D eigenvalue weighted by Crippen LogP contribution is 2.33. The Morgan fingerprint density at radius 3 is 2.62 bits per heavy atom. The van der Waals surface area contributed by atoms with Crippen LogP contribution in [-0.4, -0.2) is 38.1 Å². The van der Waals surface area contributed by atoms with Gasteiger partial charge < -0.3 is 10.2 Å². The summed E-state index contributed by atoms with van der Waals surface area (Å²) in [5.41, 5.74) is 0.583. The van der Waals surface area contributed by atoms with Crippen molar-refractivity contribution in [1.82, 2.24) is 10.2 Å². The maximum Gasteiger partial charge on any atom is 0.00672 e. The molecule has 0 bridgehead atoms. The predicted molar refractivity (Wildman–Crippen MR) is 71.8 cm³/mol. The van der Waals surface area contributed by atoms with E-state index in [2.05, 4.69) is 38.2 Å². The number of rotatable bonds is 5. The Hall–Kier alpha value is -0.0800. The van der Waals surface area contributed by atoms with Gasteiger partial charge in [0.2, 0.25) is 0 Å². The van der Waals surface area contributed by atoms with Gasteiger partial charge in [-0.1, -0.05) is 20.3 Å². The Morgan fingerprint density at radius 2 is 1.94 bits per heavy atom. The molecule has 0 aromatic carbocycles. The van der Waals surface area contributed by atoms with Crippen molar-refractivity contribution in [3.63, 3.8) is 0 Å². The highest BCUT2D eigenvalue weighted by Gasteiger charge is 2.23. The predicted octanol–water partition coefficient (Wildman–Crippen LogP) is 2.89. The van der Waals surface area contributed by atoms with Crippen LogP contribution >= 0.6 is 0 Å². The third-order valence-electron chi connectivity index (χ3n) is 3.79. The second-order valence-electron chi connectivity index (χ2n) is 6.40. The molecule has 0 aliphatic heterocycles. The fourth-order valence-corrected chi connectivity index (χ4v) is 2.57. The molecular weight excluding hydrogens is 196 g/mol. The smallest absolute Gasteiger partial charge is 0.00672 e. The maximum absolute atomic E-state index is 3.73.